The number of aromatic nitrogens is 3. The summed E-state index contributed by atoms with van der Waals surface area (Å²) in [5.74, 6) is 1.05. The van der Waals surface area contributed by atoms with Gasteiger partial charge >= 0.3 is 0 Å². The molecule has 10 nitrogen and oxygen atoms in total. The van der Waals surface area contributed by atoms with E-state index in [2.05, 4.69) is 22.3 Å². The highest BCUT2D eigenvalue weighted by Gasteiger charge is 2.22. The summed E-state index contributed by atoms with van der Waals surface area (Å²) in [7, 11) is 0. The third-order valence-corrected chi connectivity index (χ3v) is 10.2. The number of nitrogens with zero attached hydrogens (tertiary/aromatic N) is 4. The van der Waals surface area contributed by atoms with Crippen molar-refractivity contribution in [3.63, 3.8) is 0 Å². The van der Waals surface area contributed by atoms with Crippen molar-refractivity contribution in [2.75, 3.05) is 31.1 Å². The zero-order chi connectivity index (χ0) is 41.3. The van der Waals surface area contributed by atoms with Crippen molar-refractivity contribution >= 4 is 17.4 Å². The second kappa shape index (κ2) is 18.6. The number of benzene rings is 5. The fourth-order valence-corrected chi connectivity index (χ4v) is 7.07. The lowest BCUT2D eigenvalue weighted by Gasteiger charge is -2.21. The van der Waals surface area contributed by atoms with E-state index in [-0.39, 0.29) is 34.1 Å². The van der Waals surface area contributed by atoms with Gasteiger partial charge in [0.1, 0.15) is 17.2 Å². The molecule has 58 heavy (non-hydrogen) atoms. The zero-order valence-electron chi connectivity index (χ0n) is 34.1. The molecule has 1 aromatic heterocycles. The van der Waals surface area contributed by atoms with Crippen molar-refractivity contribution in [3.8, 4) is 51.4 Å². The molecule has 10 heteroatoms. The topological polar surface area (TPSA) is 138 Å². The summed E-state index contributed by atoms with van der Waals surface area (Å²) in [4.78, 5) is 43.3. The number of carbonyl (C=O) groups is 2. The van der Waals surface area contributed by atoms with Gasteiger partial charge < -0.3 is 25.2 Å². The molecule has 1 amide bonds. The van der Waals surface area contributed by atoms with Gasteiger partial charge in [0, 0.05) is 54.1 Å². The Balaban J connectivity index is 1.05. The summed E-state index contributed by atoms with van der Waals surface area (Å²) in [5.41, 5.74) is 8.11. The van der Waals surface area contributed by atoms with Crippen LogP contribution in [0.2, 0.25) is 0 Å². The maximum absolute atomic E-state index is 13.5. The van der Waals surface area contributed by atoms with Crippen LogP contribution in [0.25, 0.3) is 34.2 Å². The van der Waals surface area contributed by atoms with E-state index in [0.29, 0.717) is 48.4 Å². The SMILES string of the molecule is CCN(CC)c1ccc(C(=O)c2ccccc2C(=O)NCCCCCOc2ccc(-c3nc(-c4ccc(C)cc4C)nc(-c4ccc(C)cc4C)n3)c(O)c2)c(O)c1. The fourth-order valence-electron chi connectivity index (χ4n) is 7.07. The summed E-state index contributed by atoms with van der Waals surface area (Å²) in [6.45, 7) is 14.6. The van der Waals surface area contributed by atoms with E-state index in [9.17, 15) is 19.8 Å². The van der Waals surface area contributed by atoms with Crippen LogP contribution >= 0.6 is 0 Å². The van der Waals surface area contributed by atoms with Gasteiger partial charge in [-0.25, -0.2) is 15.0 Å². The highest BCUT2D eigenvalue weighted by molar-refractivity contribution is 6.16. The number of ether oxygens (including phenoxy) is 1. The summed E-state index contributed by atoms with van der Waals surface area (Å²) in [6, 6.07) is 29.1. The van der Waals surface area contributed by atoms with Crippen molar-refractivity contribution in [2.45, 2.75) is 60.8 Å². The Morgan fingerprint density at radius 3 is 1.78 bits per heavy atom. The number of aromatic hydroxyl groups is 2. The average molecular weight is 778 g/mol. The Labute approximate surface area is 340 Å². The highest BCUT2D eigenvalue weighted by atomic mass is 16.5. The molecule has 1 heterocycles. The predicted molar refractivity (Wildman–Crippen MR) is 230 cm³/mol. The maximum atomic E-state index is 13.5. The molecule has 0 spiro atoms. The quantitative estimate of drug-likeness (QED) is 0.0648. The third-order valence-electron chi connectivity index (χ3n) is 10.2. The largest absolute Gasteiger partial charge is 0.507 e. The minimum atomic E-state index is -0.414. The molecule has 0 saturated heterocycles. The minimum absolute atomic E-state index is 0.00445. The molecule has 0 aliphatic rings. The normalized spacial score (nSPS) is 11.0. The molecule has 6 aromatic rings. The van der Waals surface area contributed by atoms with Crippen LogP contribution in [0.15, 0.2) is 97.1 Å². The van der Waals surface area contributed by atoms with Gasteiger partial charge in [0.15, 0.2) is 23.3 Å². The van der Waals surface area contributed by atoms with Crippen molar-refractivity contribution in [1.82, 2.24) is 20.3 Å². The van der Waals surface area contributed by atoms with Crippen LogP contribution < -0.4 is 15.0 Å². The first kappa shape index (κ1) is 41.1. The van der Waals surface area contributed by atoms with Gasteiger partial charge in [-0.1, -0.05) is 65.7 Å². The van der Waals surface area contributed by atoms with Gasteiger partial charge in [0.05, 0.1) is 23.3 Å². The minimum Gasteiger partial charge on any atom is -0.507 e. The number of rotatable bonds is 16. The number of nitrogens with one attached hydrogen (secondary N) is 1. The average Bonchev–Trinajstić information content (AvgIpc) is 3.20. The molecule has 5 aromatic carbocycles. The molecule has 0 aliphatic carbocycles. The molecule has 0 unspecified atom stereocenters. The van der Waals surface area contributed by atoms with E-state index < -0.39 is 5.78 Å². The van der Waals surface area contributed by atoms with Crippen molar-refractivity contribution in [3.05, 3.63) is 136 Å². The fraction of sp³-hybridized carbons (Fsp3) is 0.271. The molecule has 298 valence electrons. The van der Waals surface area contributed by atoms with Crippen LogP contribution in [0.5, 0.6) is 17.2 Å². The van der Waals surface area contributed by atoms with Crippen LogP contribution in [0.3, 0.4) is 0 Å². The number of unbranched alkanes of at least 4 members (excludes halogenated alkanes) is 2. The molecule has 3 N–H and O–H groups in total. The van der Waals surface area contributed by atoms with Gasteiger partial charge in [0.25, 0.3) is 5.91 Å². The van der Waals surface area contributed by atoms with Gasteiger partial charge in [-0.3, -0.25) is 9.59 Å². The van der Waals surface area contributed by atoms with Crippen LogP contribution in [0, 0.1) is 27.7 Å². The van der Waals surface area contributed by atoms with Crippen LogP contribution in [0.4, 0.5) is 5.69 Å². The number of phenolic OH excluding ortho intramolecular Hbond substituents is 2. The molecule has 0 atom stereocenters. The summed E-state index contributed by atoms with van der Waals surface area (Å²) in [5, 5.41) is 24.8. The molecule has 0 fully saturated rings. The number of hydrogen-bond acceptors (Lipinski definition) is 9. The van der Waals surface area contributed by atoms with E-state index >= 15 is 0 Å². The first-order valence-corrected chi connectivity index (χ1v) is 19.8. The Morgan fingerprint density at radius 1 is 0.621 bits per heavy atom. The second-order valence-corrected chi connectivity index (χ2v) is 14.5. The first-order valence-electron chi connectivity index (χ1n) is 19.8. The smallest absolute Gasteiger partial charge is 0.252 e. The predicted octanol–water partition coefficient (Wildman–Crippen LogP) is 9.57. The maximum Gasteiger partial charge on any atom is 0.252 e. The Hall–Kier alpha value is -6.55. The molecule has 0 bridgehead atoms. The molecule has 6 rings (SSSR count). The van der Waals surface area contributed by atoms with Gasteiger partial charge in [-0.05, 0) is 102 Å². The molecule has 0 saturated carbocycles. The Kier molecular flexibility index (Phi) is 13.2. The number of amides is 1. The van der Waals surface area contributed by atoms with Crippen LogP contribution in [-0.4, -0.2) is 63.1 Å². The summed E-state index contributed by atoms with van der Waals surface area (Å²) >= 11 is 0. The second-order valence-electron chi connectivity index (χ2n) is 14.5. The van der Waals surface area contributed by atoms with Crippen molar-refractivity contribution < 1.29 is 24.5 Å². The third kappa shape index (κ3) is 9.52. The Bertz CT molecular complexity index is 2370. The first-order chi connectivity index (χ1) is 28.0. The van der Waals surface area contributed by atoms with Gasteiger partial charge in [-0.15, -0.1) is 0 Å². The van der Waals surface area contributed by atoms with Crippen molar-refractivity contribution in [1.29, 1.82) is 0 Å². The number of carbonyl (C=O) groups excluding carboxylic acids is 2. The van der Waals surface area contributed by atoms with E-state index in [1.165, 1.54) is 0 Å². The van der Waals surface area contributed by atoms with Gasteiger partial charge in [0.2, 0.25) is 0 Å². The number of anilines is 1. The van der Waals surface area contributed by atoms with Crippen molar-refractivity contribution in [2.24, 2.45) is 0 Å². The van der Waals surface area contributed by atoms with E-state index in [4.69, 9.17) is 19.7 Å². The molecular formula is C48H51N5O5. The van der Waals surface area contributed by atoms with Crippen LogP contribution in [-0.2, 0) is 0 Å². The zero-order valence-corrected chi connectivity index (χ0v) is 34.1. The van der Waals surface area contributed by atoms with E-state index in [1.807, 2.05) is 71.9 Å². The molecular weight excluding hydrogens is 727 g/mol. The van der Waals surface area contributed by atoms with E-state index in [1.54, 1.807) is 54.6 Å². The van der Waals surface area contributed by atoms with E-state index in [0.717, 1.165) is 65.0 Å². The number of hydrogen-bond donors (Lipinski definition) is 3. The lowest BCUT2D eigenvalue weighted by atomic mass is 9.97. The number of phenols is 2. The summed E-state index contributed by atoms with van der Waals surface area (Å²) in [6.07, 6.45) is 2.21. The monoisotopic (exact) mass is 777 g/mol. The van der Waals surface area contributed by atoms with Gasteiger partial charge in [-0.2, -0.15) is 0 Å². The molecule has 0 radical (unpaired) electrons. The lowest BCUT2D eigenvalue weighted by Crippen LogP contribution is -2.26. The van der Waals surface area contributed by atoms with Crippen LogP contribution in [0.1, 0.15) is 81.6 Å². The highest BCUT2D eigenvalue weighted by Crippen LogP contribution is 2.34. The molecule has 0 aliphatic heterocycles. The summed E-state index contributed by atoms with van der Waals surface area (Å²) < 4.78 is 5.98. The standard InChI is InChI=1S/C48H51N5O5/c1-7-53(8-2)34-18-22-40(42(54)28-34)44(56)38-14-10-11-15-39(38)48(57)49-24-12-9-13-25-58-35-19-23-41(43(55)29-35)47-51-45(36-20-16-30(3)26-32(36)5)50-46(52-47)37-21-17-31(4)27-33(37)6/h10-11,14-23,26-29,54-55H,7-9,12-13,24-25H2,1-6H3,(H,49,57). The number of ketones is 1. The Morgan fingerprint density at radius 2 is 1.21 bits per heavy atom. The lowest BCUT2D eigenvalue weighted by molar-refractivity contribution is 0.0941. The number of aryl methyl sites for hydroxylation is 4.